The van der Waals surface area contributed by atoms with Gasteiger partial charge in [0.25, 0.3) is 11.8 Å². The van der Waals surface area contributed by atoms with Crippen molar-refractivity contribution in [1.82, 2.24) is 15.6 Å². The minimum absolute atomic E-state index is 0.131. The number of aromatic nitrogens is 1. The number of ether oxygens (including phenoxy) is 2. The number of carbonyl (C=O) groups is 3. The Labute approximate surface area is 161 Å². The van der Waals surface area contributed by atoms with Gasteiger partial charge >= 0.3 is 5.97 Å². The van der Waals surface area contributed by atoms with E-state index in [-0.39, 0.29) is 30.3 Å². The Morgan fingerprint density at radius 2 is 1.89 bits per heavy atom. The molecule has 0 aliphatic rings. The molecule has 1 heterocycles. The highest BCUT2D eigenvalue weighted by Gasteiger charge is 2.12. The Morgan fingerprint density at radius 3 is 2.57 bits per heavy atom. The van der Waals surface area contributed by atoms with Gasteiger partial charge in [-0.05, 0) is 36.8 Å². The molecule has 1 aromatic carbocycles. The second kappa shape index (κ2) is 9.91. The van der Waals surface area contributed by atoms with Crippen LogP contribution in [0.3, 0.4) is 0 Å². The normalized spacial score (nSPS) is 10.1. The molecular formula is C19H21N3O6. The molecule has 0 aliphatic heterocycles. The van der Waals surface area contributed by atoms with Crippen molar-refractivity contribution in [3.63, 3.8) is 0 Å². The van der Waals surface area contributed by atoms with E-state index < -0.39 is 11.9 Å². The van der Waals surface area contributed by atoms with Crippen LogP contribution in [0.15, 0.2) is 36.5 Å². The summed E-state index contributed by atoms with van der Waals surface area (Å²) in [6.07, 6.45) is 1.27. The second-order valence-electron chi connectivity index (χ2n) is 5.64. The number of nitrogens with one attached hydrogen (secondary N) is 2. The van der Waals surface area contributed by atoms with Crippen molar-refractivity contribution in [2.75, 3.05) is 20.3 Å². The van der Waals surface area contributed by atoms with E-state index in [2.05, 4.69) is 15.6 Å². The van der Waals surface area contributed by atoms with E-state index in [1.165, 1.54) is 25.4 Å². The summed E-state index contributed by atoms with van der Waals surface area (Å²) in [6.45, 7) is 2.39. The summed E-state index contributed by atoms with van der Waals surface area (Å²) >= 11 is 0. The first kappa shape index (κ1) is 20.7. The van der Waals surface area contributed by atoms with E-state index in [1.807, 2.05) is 6.92 Å². The smallest absolute Gasteiger partial charge is 0.354 e. The minimum atomic E-state index is -1.21. The van der Waals surface area contributed by atoms with E-state index in [0.29, 0.717) is 18.0 Å². The summed E-state index contributed by atoms with van der Waals surface area (Å²) in [5, 5.41) is 14.3. The summed E-state index contributed by atoms with van der Waals surface area (Å²) in [7, 11) is 1.47. The lowest BCUT2D eigenvalue weighted by molar-refractivity contribution is -0.123. The molecule has 0 unspecified atom stereocenters. The molecule has 0 aliphatic carbocycles. The highest BCUT2D eigenvalue weighted by Crippen LogP contribution is 2.28. The number of methoxy groups -OCH3 is 1. The Bertz CT molecular complexity index is 868. The average molecular weight is 387 g/mol. The van der Waals surface area contributed by atoms with Gasteiger partial charge in [0.15, 0.2) is 18.1 Å². The zero-order chi connectivity index (χ0) is 20.5. The Balaban J connectivity index is 2.00. The average Bonchev–Trinajstić information content (AvgIpc) is 2.70. The number of carboxylic acid groups (broad SMARTS) is 1. The second-order valence-corrected chi connectivity index (χ2v) is 5.64. The molecule has 28 heavy (non-hydrogen) atoms. The number of aromatic carboxylic acids is 1. The number of hydrogen-bond donors (Lipinski definition) is 3. The SMILES string of the molecule is CCNC(=O)COc1ccc(CNC(=O)c2ccnc(C(=O)O)c2)cc1OC. The van der Waals surface area contributed by atoms with Gasteiger partial charge in [-0.3, -0.25) is 9.59 Å². The first-order valence-corrected chi connectivity index (χ1v) is 8.48. The maximum absolute atomic E-state index is 12.2. The fraction of sp³-hybridized carbons (Fsp3) is 0.263. The number of carboxylic acids is 1. The zero-order valence-electron chi connectivity index (χ0n) is 15.5. The number of nitrogens with zero attached hydrogens (tertiary/aromatic N) is 1. The van der Waals surface area contributed by atoms with E-state index in [4.69, 9.17) is 14.6 Å². The van der Waals surface area contributed by atoms with Crippen LogP contribution in [0.5, 0.6) is 11.5 Å². The van der Waals surface area contributed by atoms with Crippen LogP contribution in [-0.4, -0.2) is 48.1 Å². The fourth-order valence-corrected chi connectivity index (χ4v) is 2.31. The predicted molar refractivity (Wildman–Crippen MR) is 99.5 cm³/mol. The van der Waals surface area contributed by atoms with Crippen LogP contribution in [0.4, 0.5) is 0 Å². The summed E-state index contributed by atoms with van der Waals surface area (Å²) in [5.41, 5.74) is 0.729. The molecule has 0 bridgehead atoms. The van der Waals surface area contributed by atoms with Gasteiger partial charge in [-0.25, -0.2) is 9.78 Å². The number of rotatable bonds is 9. The highest BCUT2D eigenvalue weighted by atomic mass is 16.5. The van der Waals surface area contributed by atoms with Gasteiger partial charge in [0.2, 0.25) is 0 Å². The third-order valence-corrected chi connectivity index (χ3v) is 3.66. The van der Waals surface area contributed by atoms with Gasteiger partial charge in [-0.2, -0.15) is 0 Å². The quantitative estimate of drug-likeness (QED) is 0.591. The van der Waals surface area contributed by atoms with E-state index in [1.54, 1.807) is 18.2 Å². The van der Waals surface area contributed by atoms with Crippen molar-refractivity contribution in [2.24, 2.45) is 0 Å². The van der Waals surface area contributed by atoms with Crippen LogP contribution in [0.25, 0.3) is 0 Å². The Hall–Kier alpha value is -3.62. The standard InChI is InChI=1S/C19H21N3O6/c1-3-20-17(23)11-28-15-5-4-12(8-16(15)27-2)10-22-18(24)13-6-7-21-14(9-13)19(25)26/h4-9H,3,10-11H2,1-2H3,(H,20,23)(H,22,24)(H,25,26). The lowest BCUT2D eigenvalue weighted by Gasteiger charge is -2.12. The van der Waals surface area contributed by atoms with Gasteiger partial charge in [0.05, 0.1) is 7.11 Å². The molecule has 1 aromatic heterocycles. The Morgan fingerprint density at radius 1 is 1.11 bits per heavy atom. The van der Waals surface area contributed by atoms with Crippen LogP contribution < -0.4 is 20.1 Å². The Kier molecular flexibility index (Phi) is 7.32. The van der Waals surface area contributed by atoms with Gasteiger partial charge in [-0.15, -0.1) is 0 Å². The molecule has 0 spiro atoms. The fourth-order valence-electron chi connectivity index (χ4n) is 2.31. The van der Waals surface area contributed by atoms with Crippen LogP contribution in [0, 0.1) is 0 Å². The van der Waals surface area contributed by atoms with Crippen molar-refractivity contribution in [1.29, 1.82) is 0 Å². The van der Waals surface area contributed by atoms with Gasteiger partial charge in [0, 0.05) is 24.8 Å². The molecule has 9 nitrogen and oxygen atoms in total. The monoisotopic (exact) mass is 387 g/mol. The van der Waals surface area contributed by atoms with Crippen molar-refractivity contribution in [3.8, 4) is 11.5 Å². The molecule has 2 aromatic rings. The molecular weight excluding hydrogens is 366 g/mol. The van der Waals surface area contributed by atoms with Gasteiger partial charge < -0.3 is 25.2 Å². The number of pyridine rings is 1. The van der Waals surface area contributed by atoms with Crippen molar-refractivity contribution in [2.45, 2.75) is 13.5 Å². The van der Waals surface area contributed by atoms with Crippen molar-refractivity contribution < 1.29 is 29.0 Å². The molecule has 9 heteroatoms. The van der Waals surface area contributed by atoms with Crippen LogP contribution >= 0.6 is 0 Å². The lowest BCUT2D eigenvalue weighted by atomic mass is 10.1. The molecule has 0 atom stereocenters. The number of carbonyl (C=O) groups excluding carboxylic acids is 2. The van der Waals surface area contributed by atoms with Gasteiger partial charge in [0.1, 0.15) is 5.69 Å². The first-order chi connectivity index (χ1) is 13.4. The predicted octanol–water partition coefficient (Wildman–Crippen LogP) is 1.23. The molecule has 2 rings (SSSR count). The zero-order valence-corrected chi connectivity index (χ0v) is 15.5. The number of amides is 2. The van der Waals surface area contributed by atoms with E-state index in [0.717, 1.165) is 5.56 Å². The maximum Gasteiger partial charge on any atom is 0.354 e. The molecule has 3 N–H and O–H groups in total. The lowest BCUT2D eigenvalue weighted by Crippen LogP contribution is -2.28. The van der Waals surface area contributed by atoms with E-state index >= 15 is 0 Å². The molecule has 2 amide bonds. The third kappa shape index (κ3) is 5.70. The highest BCUT2D eigenvalue weighted by molar-refractivity contribution is 5.96. The molecule has 148 valence electrons. The topological polar surface area (TPSA) is 127 Å². The summed E-state index contributed by atoms with van der Waals surface area (Å²) in [6, 6.07) is 7.69. The maximum atomic E-state index is 12.2. The first-order valence-electron chi connectivity index (χ1n) is 8.48. The van der Waals surface area contributed by atoms with Gasteiger partial charge in [-0.1, -0.05) is 6.07 Å². The molecule has 0 fully saturated rings. The number of benzene rings is 1. The number of hydrogen-bond acceptors (Lipinski definition) is 6. The van der Waals surface area contributed by atoms with Crippen LogP contribution in [0.2, 0.25) is 0 Å². The molecule has 0 saturated carbocycles. The minimum Gasteiger partial charge on any atom is -0.493 e. The van der Waals surface area contributed by atoms with Crippen LogP contribution in [0.1, 0.15) is 33.3 Å². The summed E-state index contributed by atoms with van der Waals surface area (Å²) in [5.74, 6) is -1.04. The largest absolute Gasteiger partial charge is 0.493 e. The third-order valence-electron chi connectivity index (χ3n) is 3.66. The molecule has 0 radical (unpaired) electrons. The summed E-state index contributed by atoms with van der Waals surface area (Å²) < 4.78 is 10.7. The number of likely N-dealkylation sites (N-methyl/N-ethyl adjacent to an activating group) is 1. The van der Waals surface area contributed by atoms with Crippen molar-refractivity contribution >= 4 is 17.8 Å². The van der Waals surface area contributed by atoms with Crippen LogP contribution in [-0.2, 0) is 11.3 Å². The van der Waals surface area contributed by atoms with Crippen molar-refractivity contribution in [3.05, 3.63) is 53.3 Å². The molecule has 0 saturated heterocycles. The summed E-state index contributed by atoms with van der Waals surface area (Å²) in [4.78, 5) is 38.3. The van der Waals surface area contributed by atoms with E-state index in [9.17, 15) is 14.4 Å².